The van der Waals surface area contributed by atoms with Gasteiger partial charge in [-0.1, -0.05) is 23.7 Å². The number of hydrogen-bond donors (Lipinski definition) is 2. The summed E-state index contributed by atoms with van der Waals surface area (Å²) in [7, 11) is 0. The van der Waals surface area contributed by atoms with Gasteiger partial charge < -0.3 is 15.8 Å². The fourth-order valence-corrected chi connectivity index (χ4v) is 1.97. The van der Waals surface area contributed by atoms with Gasteiger partial charge in [-0.2, -0.15) is 0 Å². The van der Waals surface area contributed by atoms with E-state index in [4.69, 9.17) is 22.1 Å². The summed E-state index contributed by atoms with van der Waals surface area (Å²) >= 11 is 5.96. The maximum Gasteiger partial charge on any atom is 0.255 e. The summed E-state index contributed by atoms with van der Waals surface area (Å²) in [5.41, 5.74) is 6.12. The van der Waals surface area contributed by atoms with E-state index in [1.165, 1.54) is 6.07 Å². The fraction of sp³-hybridized carbons (Fsp3) is 0.133. The van der Waals surface area contributed by atoms with Gasteiger partial charge in [0.05, 0.1) is 0 Å². The standard InChI is InChI=1S/C15H14ClFN2O2/c16-13-5-2-6-14(17)12(13)8-19-10-3-1-4-11(7-10)21-9-15(18)20/h1-7,19H,8-9H2,(H2,18,20). The molecule has 0 unspecified atom stereocenters. The van der Waals surface area contributed by atoms with Crippen LogP contribution in [0.2, 0.25) is 5.02 Å². The van der Waals surface area contributed by atoms with Crippen LogP contribution in [-0.2, 0) is 11.3 Å². The SMILES string of the molecule is NC(=O)COc1cccc(NCc2c(F)cccc2Cl)c1. The molecule has 0 saturated carbocycles. The second-order valence-corrected chi connectivity index (χ2v) is 4.74. The van der Waals surface area contributed by atoms with E-state index in [0.29, 0.717) is 16.3 Å². The van der Waals surface area contributed by atoms with Crippen molar-refractivity contribution < 1.29 is 13.9 Å². The number of ether oxygens (including phenoxy) is 1. The first-order valence-corrected chi connectivity index (χ1v) is 6.62. The number of hydrogen-bond acceptors (Lipinski definition) is 3. The van der Waals surface area contributed by atoms with E-state index in [1.807, 2.05) is 0 Å². The van der Waals surface area contributed by atoms with Crippen LogP contribution < -0.4 is 15.8 Å². The Hall–Kier alpha value is -2.27. The molecule has 4 nitrogen and oxygen atoms in total. The Morgan fingerprint density at radius 1 is 1.29 bits per heavy atom. The largest absolute Gasteiger partial charge is 0.484 e. The molecule has 110 valence electrons. The van der Waals surface area contributed by atoms with Crippen molar-refractivity contribution in [2.24, 2.45) is 5.73 Å². The average Bonchev–Trinajstić information content (AvgIpc) is 2.45. The lowest BCUT2D eigenvalue weighted by Gasteiger charge is -2.10. The van der Waals surface area contributed by atoms with Crippen molar-refractivity contribution in [1.82, 2.24) is 0 Å². The molecule has 0 saturated heterocycles. The lowest BCUT2D eigenvalue weighted by Crippen LogP contribution is -2.20. The zero-order chi connectivity index (χ0) is 15.2. The molecule has 0 aliphatic rings. The molecule has 6 heteroatoms. The van der Waals surface area contributed by atoms with Crippen LogP contribution >= 0.6 is 11.6 Å². The van der Waals surface area contributed by atoms with Crippen molar-refractivity contribution in [3.05, 3.63) is 58.9 Å². The van der Waals surface area contributed by atoms with Crippen molar-refractivity contribution in [2.75, 3.05) is 11.9 Å². The molecule has 0 radical (unpaired) electrons. The Labute approximate surface area is 126 Å². The molecule has 0 atom stereocenters. The van der Waals surface area contributed by atoms with E-state index < -0.39 is 5.91 Å². The van der Waals surface area contributed by atoms with Gasteiger partial charge in [-0.3, -0.25) is 4.79 Å². The van der Waals surface area contributed by atoms with Gasteiger partial charge in [0.2, 0.25) is 0 Å². The van der Waals surface area contributed by atoms with Crippen molar-refractivity contribution in [2.45, 2.75) is 6.54 Å². The van der Waals surface area contributed by atoms with E-state index in [2.05, 4.69) is 5.32 Å². The summed E-state index contributed by atoms with van der Waals surface area (Å²) < 4.78 is 18.8. The number of carbonyl (C=O) groups excluding carboxylic acids is 1. The number of amides is 1. The van der Waals surface area contributed by atoms with E-state index >= 15 is 0 Å². The second kappa shape index (κ2) is 6.95. The third-order valence-corrected chi connectivity index (χ3v) is 3.10. The number of nitrogens with one attached hydrogen (secondary N) is 1. The Balaban J connectivity index is 2.03. The van der Waals surface area contributed by atoms with Gasteiger partial charge in [-0.25, -0.2) is 4.39 Å². The zero-order valence-electron chi connectivity index (χ0n) is 11.1. The number of halogens is 2. The molecule has 0 heterocycles. The van der Waals surface area contributed by atoms with Gasteiger partial charge in [0.15, 0.2) is 6.61 Å². The van der Waals surface area contributed by atoms with Crippen molar-refractivity contribution in [3.63, 3.8) is 0 Å². The highest BCUT2D eigenvalue weighted by atomic mass is 35.5. The van der Waals surface area contributed by atoms with Crippen LogP contribution in [0.25, 0.3) is 0 Å². The van der Waals surface area contributed by atoms with Crippen LogP contribution in [-0.4, -0.2) is 12.5 Å². The van der Waals surface area contributed by atoms with Crippen molar-refractivity contribution >= 4 is 23.2 Å². The van der Waals surface area contributed by atoms with Crippen LogP contribution in [0.4, 0.5) is 10.1 Å². The molecule has 0 bridgehead atoms. The van der Waals surface area contributed by atoms with Crippen LogP contribution in [0.5, 0.6) is 5.75 Å². The number of carbonyl (C=O) groups is 1. The molecule has 3 N–H and O–H groups in total. The van der Waals surface area contributed by atoms with Gasteiger partial charge in [0, 0.05) is 28.9 Å². The average molecular weight is 309 g/mol. The van der Waals surface area contributed by atoms with E-state index in [-0.39, 0.29) is 19.0 Å². The number of primary amides is 1. The molecule has 2 aromatic rings. The summed E-state index contributed by atoms with van der Waals surface area (Å²) in [5.74, 6) is -0.416. The zero-order valence-corrected chi connectivity index (χ0v) is 11.9. The lowest BCUT2D eigenvalue weighted by atomic mass is 10.2. The number of anilines is 1. The summed E-state index contributed by atoms with van der Waals surface area (Å²) in [6, 6.07) is 11.5. The van der Waals surface area contributed by atoms with Gasteiger partial charge >= 0.3 is 0 Å². The fourth-order valence-electron chi connectivity index (χ4n) is 1.74. The molecule has 0 aromatic heterocycles. The van der Waals surface area contributed by atoms with Crippen LogP contribution in [0.1, 0.15) is 5.56 Å². The normalized spacial score (nSPS) is 10.2. The highest BCUT2D eigenvalue weighted by Crippen LogP contribution is 2.22. The predicted molar refractivity (Wildman–Crippen MR) is 79.9 cm³/mol. The number of benzene rings is 2. The third kappa shape index (κ3) is 4.36. The molecule has 0 fully saturated rings. The number of rotatable bonds is 6. The third-order valence-electron chi connectivity index (χ3n) is 2.75. The molecule has 0 spiro atoms. The van der Waals surface area contributed by atoms with Gasteiger partial charge in [-0.05, 0) is 24.3 Å². The summed E-state index contributed by atoms with van der Waals surface area (Å²) in [6.45, 7) is 0.0490. The Morgan fingerprint density at radius 3 is 2.76 bits per heavy atom. The molecule has 2 aromatic carbocycles. The second-order valence-electron chi connectivity index (χ2n) is 4.34. The van der Waals surface area contributed by atoms with Gasteiger partial charge in [0.1, 0.15) is 11.6 Å². The summed E-state index contributed by atoms with van der Waals surface area (Å²) in [5, 5.41) is 3.41. The minimum atomic E-state index is -0.550. The quantitative estimate of drug-likeness (QED) is 0.862. The van der Waals surface area contributed by atoms with Gasteiger partial charge in [0.25, 0.3) is 5.91 Å². The summed E-state index contributed by atoms with van der Waals surface area (Å²) in [6.07, 6.45) is 0. The Bertz CT molecular complexity index is 629. The molecule has 0 aliphatic carbocycles. The topological polar surface area (TPSA) is 64.4 Å². The summed E-state index contributed by atoms with van der Waals surface area (Å²) in [4.78, 5) is 10.7. The van der Waals surface area contributed by atoms with E-state index in [9.17, 15) is 9.18 Å². The van der Waals surface area contributed by atoms with Crippen molar-refractivity contribution in [1.29, 1.82) is 0 Å². The molecule has 1 amide bonds. The molecular formula is C15H14ClFN2O2. The maximum atomic E-state index is 13.6. The van der Waals surface area contributed by atoms with Crippen LogP contribution in [0, 0.1) is 5.82 Å². The molecule has 0 aliphatic heterocycles. The lowest BCUT2D eigenvalue weighted by molar-refractivity contribution is -0.119. The first-order valence-electron chi connectivity index (χ1n) is 6.24. The highest BCUT2D eigenvalue weighted by molar-refractivity contribution is 6.31. The predicted octanol–water partition coefficient (Wildman–Crippen LogP) is 2.96. The smallest absolute Gasteiger partial charge is 0.255 e. The first kappa shape index (κ1) is 15.1. The first-order chi connectivity index (χ1) is 10.1. The highest BCUT2D eigenvalue weighted by Gasteiger charge is 2.06. The van der Waals surface area contributed by atoms with E-state index in [1.54, 1.807) is 36.4 Å². The monoisotopic (exact) mass is 308 g/mol. The van der Waals surface area contributed by atoms with E-state index in [0.717, 1.165) is 5.69 Å². The molecular weight excluding hydrogens is 295 g/mol. The Kier molecular flexibility index (Phi) is 5.00. The van der Waals surface area contributed by atoms with Crippen molar-refractivity contribution in [3.8, 4) is 5.75 Å². The Morgan fingerprint density at radius 2 is 2.05 bits per heavy atom. The number of nitrogens with two attached hydrogens (primary N) is 1. The van der Waals surface area contributed by atoms with Crippen LogP contribution in [0.3, 0.4) is 0 Å². The van der Waals surface area contributed by atoms with Gasteiger partial charge in [-0.15, -0.1) is 0 Å². The molecule has 2 rings (SSSR count). The molecule has 21 heavy (non-hydrogen) atoms. The minimum Gasteiger partial charge on any atom is -0.484 e. The maximum absolute atomic E-state index is 13.6. The minimum absolute atomic E-state index is 0.192. The van der Waals surface area contributed by atoms with Crippen LogP contribution in [0.15, 0.2) is 42.5 Å².